The summed E-state index contributed by atoms with van der Waals surface area (Å²) in [5, 5.41) is 5.92. The summed E-state index contributed by atoms with van der Waals surface area (Å²) in [5.41, 5.74) is -0.443. The van der Waals surface area contributed by atoms with Gasteiger partial charge in [0.25, 0.3) is 5.91 Å². The van der Waals surface area contributed by atoms with Crippen molar-refractivity contribution in [3.63, 3.8) is 0 Å². The number of fused-ring (bicyclic) bond motifs is 1. The van der Waals surface area contributed by atoms with Crippen molar-refractivity contribution < 1.29 is 19.1 Å². The van der Waals surface area contributed by atoms with Gasteiger partial charge in [0.15, 0.2) is 0 Å². The number of carbonyl (C=O) groups is 3. The normalized spacial score (nSPS) is 24.3. The Bertz CT molecular complexity index is 779. The van der Waals surface area contributed by atoms with E-state index in [4.69, 9.17) is 4.74 Å². The Hall–Kier alpha value is -2.61. The molecule has 3 rings (SSSR count). The van der Waals surface area contributed by atoms with Gasteiger partial charge in [-0.2, -0.15) is 0 Å². The molecule has 0 aromatic heterocycles. The molecule has 2 aliphatic rings. The van der Waals surface area contributed by atoms with Crippen LogP contribution in [0.15, 0.2) is 24.3 Å². The number of amides is 3. The molecule has 2 atom stereocenters. The molecule has 152 valence electrons. The average molecular weight is 388 g/mol. The third-order valence-corrected chi connectivity index (χ3v) is 5.15. The van der Waals surface area contributed by atoms with E-state index in [-0.39, 0.29) is 36.9 Å². The van der Waals surface area contributed by atoms with Crippen LogP contribution in [0.3, 0.4) is 0 Å². The predicted molar refractivity (Wildman–Crippen MR) is 104 cm³/mol. The Labute approximate surface area is 165 Å². The molecule has 1 aromatic rings. The van der Waals surface area contributed by atoms with Gasteiger partial charge < -0.3 is 20.3 Å². The van der Waals surface area contributed by atoms with Crippen molar-refractivity contribution >= 4 is 17.7 Å². The summed E-state index contributed by atoms with van der Waals surface area (Å²) in [5.74, 6) is -0.469. The van der Waals surface area contributed by atoms with Crippen LogP contribution in [0, 0.1) is 5.92 Å². The molecular weight excluding hydrogens is 360 g/mol. The number of benzene rings is 1. The van der Waals surface area contributed by atoms with Crippen molar-refractivity contribution in [3.05, 3.63) is 29.8 Å². The van der Waals surface area contributed by atoms with Gasteiger partial charge in [-0.3, -0.25) is 19.3 Å². The Balaban J connectivity index is 1.87. The summed E-state index contributed by atoms with van der Waals surface area (Å²) in [4.78, 5) is 41.4. The first-order valence-electron chi connectivity index (χ1n) is 9.49. The summed E-state index contributed by atoms with van der Waals surface area (Å²) in [6.07, 6.45) is 0. The highest BCUT2D eigenvalue weighted by atomic mass is 16.5. The number of nitrogens with zero attached hydrogens (tertiary/aromatic N) is 2. The lowest BCUT2D eigenvalue weighted by Gasteiger charge is -2.34. The molecule has 0 bridgehead atoms. The Kier molecular flexibility index (Phi) is 5.60. The predicted octanol–water partition coefficient (Wildman–Crippen LogP) is 0.0922. The molecule has 8 heteroatoms. The zero-order valence-electron chi connectivity index (χ0n) is 16.8. The van der Waals surface area contributed by atoms with Crippen LogP contribution in [-0.4, -0.2) is 79.4 Å². The van der Waals surface area contributed by atoms with E-state index < -0.39 is 11.5 Å². The first kappa shape index (κ1) is 20.1. The fourth-order valence-corrected chi connectivity index (χ4v) is 3.91. The van der Waals surface area contributed by atoms with E-state index in [1.54, 1.807) is 32.3 Å². The van der Waals surface area contributed by atoms with Gasteiger partial charge in [0, 0.05) is 33.2 Å². The maximum atomic E-state index is 12.9. The Morgan fingerprint density at radius 1 is 1.36 bits per heavy atom. The second-order valence-electron chi connectivity index (χ2n) is 8.07. The molecule has 0 aliphatic carbocycles. The highest BCUT2D eigenvalue weighted by molar-refractivity contribution is 5.98. The van der Waals surface area contributed by atoms with E-state index in [9.17, 15) is 14.4 Å². The molecule has 28 heavy (non-hydrogen) atoms. The van der Waals surface area contributed by atoms with Crippen LogP contribution in [0.5, 0.6) is 5.75 Å². The average Bonchev–Trinajstić information content (AvgIpc) is 2.88. The van der Waals surface area contributed by atoms with Crippen LogP contribution >= 0.6 is 0 Å². The number of ether oxygens (including phenoxy) is 1. The van der Waals surface area contributed by atoms with Gasteiger partial charge in [0.05, 0.1) is 23.6 Å². The van der Waals surface area contributed by atoms with Crippen LogP contribution in [0.2, 0.25) is 0 Å². The Morgan fingerprint density at radius 3 is 2.75 bits per heavy atom. The van der Waals surface area contributed by atoms with Gasteiger partial charge in [-0.25, -0.2) is 0 Å². The SMILES string of the molecule is CC(C)NC(=O)CN1C[C@H](C(=O)N(C)C)[C@]2(COc3ccccc3C(=O)N2)C1. The van der Waals surface area contributed by atoms with Crippen molar-refractivity contribution in [3.8, 4) is 5.75 Å². The van der Waals surface area contributed by atoms with E-state index in [0.29, 0.717) is 24.4 Å². The quantitative estimate of drug-likeness (QED) is 0.763. The van der Waals surface area contributed by atoms with Crippen molar-refractivity contribution in [2.45, 2.75) is 25.4 Å². The largest absolute Gasteiger partial charge is 0.490 e. The third-order valence-electron chi connectivity index (χ3n) is 5.15. The highest BCUT2D eigenvalue weighted by Crippen LogP contribution is 2.34. The number of nitrogens with one attached hydrogen (secondary N) is 2. The second-order valence-corrected chi connectivity index (χ2v) is 8.07. The monoisotopic (exact) mass is 388 g/mol. The van der Waals surface area contributed by atoms with E-state index in [1.807, 2.05) is 24.8 Å². The minimum atomic E-state index is -0.893. The van der Waals surface area contributed by atoms with Crippen molar-refractivity contribution in [2.75, 3.05) is 40.3 Å². The number of likely N-dealkylation sites (tertiary alicyclic amines) is 1. The topological polar surface area (TPSA) is 91.0 Å². The standard InChI is InChI=1S/C20H28N4O4/c1-13(2)21-17(25)10-24-9-15(19(27)23(3)4)20(11-24)12-28-16-8-6-5-7-14(16)18(26)22-20/h5-8,13,15H,9-12H2,1-4H3,(H,21,25)(H,22,26)/t15-,20-/m1/s1. The highest BCUT2D eigenvalue weighted by Gasteiger charge is 2.53. The lowest BCUT2D eigenvalue weighted by Crippen LogP contribution is -2.60. The van der Waals surface area contributed by atoms with Crippen LogP contribution in [-0.2, 0) is 9.59 Å². The fraction of sp³-hybridized carbons (Fsp3) is 0.550. The molecule has 1 aromatic carbocycles. The Morgan fingerprint density at radius 2 is 2.07 bits per heavy atom. The molecule has 1 saturated heterocycles. The van der Waals surface area contributed by atoms with Crippen molar-refractivity contribution in [1.82, 2.24) is 20.4 Å². The first-order valence-corrected chi connectivity index (χ1v) is 9.49. The second kappa shape index (κ2) is 7.79. The summed E-state index contributed by atoms with van der Waals surface area (Å²) >= 11 is 0. The molecule has 1 fully saturated rings. The zero-order chi connectivity index (χ0) is 20.5. The molecule has 0 radical (unpaired) electrons. The number of para-hydroxylation sites is 1. The molecular formula is C20H28N4O4. The van der Waals surface area contributed by atoms with Crippen LogP contribution in [0.25, 0.3) is 0 Å². The van der Waals surface area contributed by atoms with Crippen LogP contribution < -0.4 is 15.4 Å². The minimum Gasteiger partial charge on any atom is -0.490 e. The summed E-state index contributed by atoms with van der Waals surface area (Å²) in [6, 6.07) is 7.08. The summed E-state index contributed by atoms with van der Waals surface area (Å²) in [6.45, 7) is 4.88. The maximum Gasteiger partial charge on any atom is 0.255 e. The molecule has 8 nitrogen and oxygen atoms in total. The molecule has 0 saturated carbocycles. The number of hydrogen-bond donors (Lipinski definition) is 2. The molecule has 1 spiro atoms. The van der Waals surface area contributed by atoms with Crippen molar-refractivity contribution in [1.29, 1.82) is 0 Å². The molecule has 0 unspecified atom stereocenters. The van der Waals surface area contributed by atoms with Crippen LogP contribution in [0.1, 0.15) is 24.2 Å². The van der Waals surface area contributed by atoms with Gasteiger partial charge in [-0.1, -0.05) is 12.1 Å². The first-order chi connectivity index (χ1) is 13.2. The molecule has 2 heterocycles. The maximum absolute atomic E-state index is 12.9. The summed E-state index contributed by atoms with van der Waals surface area (Å²) in [7, 11) is 3.39. The van der Waals surface area contributed by atoms with Gasteiger partial charge in [-0.05, 0) is 26.0 Å². The number of carbonyl (C=O) groups excluding carboxylic acids is 3. The molecule has 2 aliphatic heterocycles. The van der Waals surface area contributed by atoms with Gasteiger partial charge in [0.2, 0.25) is 11.8 Å². The summed E-state index contributed by atoms with van der Waals surface area (Å²) < 4.78 is 5.95. The molecule has 3 amide bonds. The number of rotatable bonds is 4. The lowest BCUT2D eigenvalue weighted by atomic mass is 9.86. The minimum absolute atomic E-state index is 0.0404. The lowest BCUT2D eigenvalue weighted by molar-refractivity contribution is -0.135. The number of hydrogen-bond acceptors (Lipinski definition) is 5. The van der Waals surface area contributed by atoms with E-state index in [1.165, 1.54) is 4.90 Å². The van der Waals surface area contributed by atoms with Gasteiger partial charge in [-0.15, -0.1) is 0 Å². The third kappa shape index (κ3) is 3.96. The van der Waals surface area contributed by atoms with Gasteiger partial charge in [0.1, 0.15) is 12.4 Å². The van der Waals surface area contributed by atoms with E-state index in [2.05, 4.69) is 10.6 Å². The fourth-order valence-electron chi connectivity index (χ4n) is 3.91. The van der Waals surface area contributed by atoms with Crippen molar-refractivity contribution in [2.24, 2.45) is 5.92 Å². The smallest absolute Gasteiger partial charge is 0.255 e. The van der Waals surface area contributed by atoms with E-state index in [0.717, 1.165) is 0 Å². The van der Waals surface area contributed by atoms with Gasteiger partial charge >= 0.3 is 0 Å². The zero-order valence-corrected chi connectivity index (χ0v) is 16.8. The molecule has 2 N–H and O–H groups in total. The van der Waals surface area contributed by atoms with Crippen LogP contribution in [0.4, 0.5) is 0 Å². The van der Waals surface area contributed by atoms with E-state index >= 15 is 0 Å².